The van der Waals surface area contributed by atoms with Gasteiger partial charge in [0, 0.05) is 12.0 Å². The molecule has 0 bridgehead atoms. The van der Waals surface area contributed by atoms with Gasteiger partial charge in [-0.15, -0.1) is 0 Å². The van der Waals surface area contributed by atoms with Crippen LogP contribution in [0.15, 0.2) is 59.6 Å². The lowest BCUT2D eigenvalue weighted by molar-refractivity contribution is -0.113. The number of carbonyl (C=O) groups excluding carboxylic acids is 1. The molecular weight excluding hydrogens is 238 g/mol. The molecule has 0 N–H and O–H groups in total. The van der Waals surface area contributed by atoms with Crippen molar-refractivity contribution in [3.63, 3.8) is 0 Å². The second-order valence-electron chi connectivity index (χ2n) is 4.42. The highest BCUT2D eigenvalue weighted by Gasteiger charge is 2.24. The fraction of sp³-hybridized carbons (Fsp3) is 0.125. The number of dihydropyridines is 1. The molecule has 1 atom stereocenters. The first-order valence-corrected chi connectivity index (χ1v) is 6.11. The second-order valence-corrected chi connectivity index (χ2v) is 4.42. The fourth-order valence-corrected chi connectivity index (χ4v) is 2.33. The average Bonchev–Trinajstić information content (AvgIpc) is 2.46. The standard InChI is InChI=1S/C16H13NO2/c1-19-12-8-6-11(7-9-12)14-10-16(18)17-15-5-3-2-4-13(14)15/h2-10,13H,1H3. The van der Waals surface area contributed by atoms with Crippen molar-refractivity contribution in [3.8, 4) is 5.75 Å². The number of amides is 1. The Balaban J connectivity index is 2.01. The zero-order valence-corrected chi connectivity index (χ0v) is 10.5. The maximum Gasteiger partial charge on any atom is 0.270 e. The molecule has 19 heavy (non-hydrogen) atoms. The number of benzene rings is 1. The van der Waals surface area contributed by atoms with Gasteiger partial charge in [0.1, 0.15) is 5.75 Å². The fourth-order valence-electron chi connectivity index (χ4n) is 2.33. The van der Waals surface area contributed by atoms with E-state index in [1.54, 1.807) is 13.2 Å². The Morgan fingerprint density at radius 2 is 1.95 bits per heavy atom. The number of methoxy groups -OCH3 is 1. The predicted molar refractivity (Wildman–Crippen MR) is 75.2 cm³/mol. The van der Waals surface area contributed by atoms with Crippen molar-refractivity contribution in [2.24, 2.45) is 10.9 Å². The molecule has 1 aromatic carbocycles. The van der Waals surface area contributed by atoms with E-state index in [1.165, 1.54) is 0 Å². The predicted octanol–water partition coefficient (Wildman–Crippen LogP) is 2.80. The monoisotopic (exact) mass is 251 g/mol. The summed E-state index contributed by atoms with van der Waals surface area (Å²) in [6.45, 7) is 0. The van der Waals surface area contributed by atoms with Gasteiger partial charge < -0.3 is 4.74 Å². The third-order valence-corrected chi connectivity index (χ3v) is 3.28. The van der Waals surface area contributed by atoms with Crippen LogP contribution in [0.3, 0.4) is 0 Å². The molecule has 0 spiro atoms. The van der Waals surface area contributed by atoms with Crippen LogP contribution in [0.5, 0.6) is 5.75 Å². The molecule has 0 radical (unpaired) electrons. The SMILES string of the molecule is COc1ccc(C2=CC(=O)N=C3C=CC=CC23)cc1. The lowest BCUT2D eigenvalue weighted by Gasteiger charge is -2.22. The normalized spacial score (nSPS) is 20.7. The first kappa shape index (κ1) is 11.7. The third-order valence-electron chi connectivity index (χ3n) is 3.28. The molecule has 3 nitrogen and oxygen atoms in total. The van der Waals surface area contributed by atoms with Gasteiger partial charge >= 0.3 is 0 Å². The molecule has 1 aromatic rings. The number of aliphatic imine (C=N–C) groups is 1. The molecule has 3 rings (SSSR count). The van der Waals surface area contributed by atoms with Gasteiger partial charge in [0.2, 0.25) is 0 Å². The number of ether oxygens (including phenoxy) is 1. The molecule has 1 aliphatic heterocycles. The van der Waals surface area contributed by atoms with Crippen LogP contribution in [0.2, 0.25) is 0 Å². The molecule has 0 fully saturated rings. The van der Waals surface area contributed by atoms with E-state index in [0.717, 1.165) is 22.6 Å². The van der Waals surface area contributed by atoms with Gasteiger partial charge in [0.05, 0.1) is 12.8 Å². The molecule has 94 valence electrons. The number of hydrogen-bond acceptors (Lipinski definition) is 2. The molecule has 1 amide bonds. The van der Waals surface area contributed by atoms with Gasteiger partial charge in [-0.25, -0.2) is 4.99 Å². The van der Waals surface area contributed by atoms with Crippen LogP contribution in [-0.4, -0.2) is 18.7 Å². The van der Waals surface area contributed by atoms with E-state index in [0.29, 0.717) is 0 Å². The van der Waals surface area contributed by atoms with E-state index < -0.39 is 0 Å². The molecular formula is C16H13NO2. The van der Waals surface area contributed by atoms with E-state index in [1.807, 2.05) is 42.5 Å². The van der Waals surface area contributed by atoms with Gasteiger partial charge in [0.25, 0.3) is 5.91 Å². The van der Waals surface area contributed by atoms with Crippen molar-refractivity contribution < 1.29 is 9.53 Å². The van der Waals surface area contributed by atoms with Crippen molar-refractivity contribution in [2.75, 3.05) is 7.11 Å². The van der Waals surface area contributed by atoms with Gasteiger partial charge in [-0.1, -0.05) is 30.4 Å². The minimum atomic E-state index is -0.197. The van der Waals surface area contributed by atoms with E-state index >= 15 is 0 Å². The quantitative estimate of drug-likeness (QED) is 0.810. The van der Waals surface area contributed by atoms with Crippen LogP contribution >= 0.6 is 0 Å². The Labute approximate surface area is 111 Å². The Morgan fingerprint density at radius 3 is 2.68 bits per heavy atom. The van der Waals surface area contributed by atoms with Crippen molar-refractivity contribution in [2.45, 2.75) is 0 Å². The topological polar surface area (TPSA) is 38.7 Å². The van der Waals surface area contributed by atoms with Crippen molar-refractivity contribution >= 4 is 17.2 Å². The maximum atomic E-state index is 11.7. The van der Waals surface area contributed by atoms with Crippen LogP contribution in [0, 0.1) is 5.92 Å². The van der Waals surface area contributed by atoms with Gasteiger partial charge in [-0.05, 0) is 29.3 Å². The average molecular weight is 251 g/mol. The summed E-state index contributed by atoms with van der Waals surface area (Å²) in [5.74, 6) is 0.674. The van der Waals surface area contributed by atoms with Crippen LogP contribution < -0.4 is 4.74 Å². The van der Waals surface area contributed by atoms with Crippen molar-refractivity contribution in [1.29, 1.82) is 0 Å². The summed E-state index contributed by atoms with van der Waals surface area (Å²) in [4.78, 5) is 15.7. The van der Waals surface area contributed by atoms with Crippen LogP contribution in [0.1, 0.15) is 5.56 Å². The van der Waals surface area contributed by atoms with Crippen molar-refractivity contribution in [3.05, 3.63) is 60.2 Å². The molecule has 0 aromatic heterocycles. The lowest BCUT2D eigenvalue weighted by atomic mass is 9.84. The van der Waals surface area contributed by atoms with Crippen LogP contribution in [-0.2, 0) is 4.79 Å². The Kier molecular flexibility index (Phi) is 2.88. The van der Waals surface area contributed by atoms with Crippen LogP contribution in [0.4, 0.5) is 0 Å². The molecule has 0 saturated carbocycles. The number of rotatable bonds is 2. The zero-order valence-electron chi connectivity index (χ0n) is 10.5. The first-order valence-electron chi connectivity index (χ1n) is 6.11. The summed E-state index contributed by atoms with van der Waals surface area (Å²) in [5.41, 5.74) is 2.81. The number of nitrogens with zero attached hydrogens (tertiary/aromatic N) is 1. The molecule has 2 aliphatic rings. The maximum absolute atomic E-state index is 11.7. The van der Waals surface area contributed by atoms with Crippen molar-refractivity contribution in [1.82, 2.24) is 0 Å². The summed E-state index contributed by atoms with van der Waals surface area (Å²) in [6, 6.07) is 7.73. The minimum Gasteiger partial charge on any atom is -0.497 e. The zero-order chi connectivity index (χ0) is 13.2. The third kappa shape index (κ3) is 2.15. The summed E-state index contributed by atoms with van der Waals surface area (Å²) < 4.78 is 5.15. The summed E-state index contributed by atoms with van der Waals surface area (Å²) in [7, 11) is 1.64. The van der Waals surface area contributed by atoms with E-state index in [9.17, 15) is 4.79 Å². The minimum absolute atomic E-state index is 0.0658. The largest absolute Gasteiger partial charge is 0.497 e. The molecule has 1 aliphatic carbocycles. The number of carbonyl (C=O) groups is 1. The number of hydrogen-bond donors (Lipinski definition) is 0. The summed E-state index contributed by atoms with van der Waals surface area (Å²) in [6.07, 6.45) is 9.44. The van der Waals surface area contributed by atoms with Gasteiger partial charge in [-0.2, -0.15) is 0 Å². The lowest BCUT2D eigenvalue weighted by Crippen LogP contribution is -2.20. The molecule has 1 unspecified atom stereocenters. The highest BCUT2D eigenvalue weighted by Crippen LogP contribution is 2.31. The van der Waals surface area contributed by atoms with Gasteiger partial charge in [0.15, 0.2) is 0 Å². The van der Waals surface area contributed by atoms with E-state index in [2.05, 4.69) is 11.1 Å². The van der Waals surface area contributed by atoms with E-state index in [4.69, 9.17) is 4.74 Å². The molecule has 3 heteroatoms. The molecule has 1 heterocycles. The highest BCUT2D eigenvalue weighted by atomic mass is 16.5. The summed E-state index contributed by atoms with van der Waals surface area (Å²) in [5, 5.41) is 0. The number of allylic oxidation sites excluding steroid dienone is 5. The molecule has 0 saturated heterocycles. The van der Waals surface area contributed by atoms with E-state index in [-0.39, 0.29) is 11.8 Å². The second kappa shape index (κ2) is 4.69. The number of fused-ring (bicyclic) bond motifs is 1. The Morgan fingerprint density at radius 1 is 1.16 bits per heavy atom. The van der Waals surface area contributed by atoms with Crippen LogP contribution in [0.25, 0.3) is 5.57 Å². The first-order chi connectivity index (χ1) is 9.28. The smallest absolute Gasteiger partial charge is 0.270 e. The van der Waals surface area contributed by atoms with Gasteiger partial charge in [-0.3, -0.25) is 4.79 Å². The highest BCUT2D eigenvalue weighted by molar-refractivity contribution is 6.18. The Bertz CT molecular complexity index is 633. The Hall–Kier alpha value is -2.42. The summed E-state index contributed by atoms with van der Waals surface area (Å²) >= 11 is 0.